The van der Waals surface area contributed by atoms with Crippen molar-refractivity contribution in [3.8, 4) is 0 Å². The second-order valence-corrected chi connectivity index (χ2v) is 7.59. The standard InChI is InChI=1S/C20H25FN2O2/c1-15-14-22(18-4-2-3-17(21)11-18)7-8-23(15)19(24)16-12-20(13-16)5-9-25-10-6-20/h2-4,11-12,15H,5-10,13-14H2,1H3. The van der Waals surface area contributed by atoms with Crippen molar-refractivity contribution in [1.82, 2.24) is 4.90 Å². The van der Waals surface area contributed by atoms with E-state index in [1.807, 2.05) is 11.0 Å². The van der Waals surface area contributed by atoms with E-state index in [-0.39, 0.29) is 23.2 Å². The maximum atomic E-state index is 13.4. The molecular weight excluding hydrogens is 319 g/mol. The smallest absolute Gasteiger partial charge is 0.249 e. The van der Waals surface area contributed by atoms with Gasteiger partial charge in [-0.3, -0.25) is 4.79 Å². The molecule has 1 aromatic carbocycles. The van der Waals surface area contributed by atoms with E-state index in [2.05, 4.69) is 17.9 Å². The number of carbonyl (C=O) groups excluding carboxylic acids is 1. The summed E-state index contributed by atoms with van der Waals surface area (Å²) in [6.45, 7) is 5.85. The Hall–Kier alpha value is -1.88. The van der Waals surface area contributed by atoms with Crippen LogP contribution >= 0.6 is 0 Å². The number of piperazine rings is 1. The van der Waals surface area contributed by atoms with Crippen LogP contribution in [0.3, 0.4) is 0 Å². The van der Waals surface area contributed by atoms with Crippen LogP contribution in [0.5, 0.6) is 0 Å². The summed E-state index contributed by atoms with van der Waals surface area (Å²) in [5.74, 6) is -0.0337. The predicted molar refractivity (Wildman–Crippen MR) is 95.0 cm³/mol. The Morgan fingerprint density at radius 1 is 1.28 bits per heavy atom. The molecule has 0 N–H and O–H groups in total. The fourth-order valence-corrected chi connectivity index (χ4v) is 4.31. The zero-order chi connectivity index (χ0) is 17.4. The van der Waals surface area contributed by atoms with Crippen LogP contribution in [0.4, 0.5) is 10.1 Å². The second kappa shape index (κ2) is 6.45. The average Bonchev–Trinajstić information content (AvgIpc) is 2.59. The lowest BCUT2D eigenvalue weighted by Crippen LogP contribution is -2.55. The summed E-state index contributed by atoms with van der Waals surface area (Å²) in [6.07, 6.45) is 5.16. The Kier molecular flexibility index (Phi) is 4.28. The molecule has 0 radical (unpaired) electrons. The molecule has 134 valence electrons. The Morgan fingerprint density at radius 2 is 2.04 bits per heavy atom. The molecule has 2 saturated heterocycles. The van der Waals surface area contributed by atoms with Gasteiger partial charge in [0.15, 0.2) is 0 Å². The summed E-state index contributed by atoms with van der Waals surface area (Å²) in [5, 5.41) is 0. The fourth-order valence-electron chi connectivity index (χ4n) is 4.31. The Bertz CT molecular complexity index is 697. The largest absolute Gasteiger partial charge is 0.381 e. The van der Waals surface area contributed by atoms with Gasteiger partial charge in [-0.25, -0.2) is 4.39 Å². The molecule has 0 aromatic heterocycles. The molecule has 0 bridgehead atoms. The molecule has 1 aromatic rings. The molecule has 3 aliphatic rings. The van der Waals surface area contributed by atoms with Crippen LogP contribution in [-0.2, 0) is 9.53 Å². The van der Waals surface area contributed by atoms with Crippen molar-refractivity contribution >= 4 is 11.6 Å². The summed E-state index contributed by atoms with van der Waals surface area (Å²) >= 11 is 0. The zero-order valence-electron chi connectivity index (χ0n) is 14.7. The molecular formula is C20H25FN2O2. The van der Waals surface area contributed by atoms with Crippen molar-refractivity contribution in [2.45, 2.75) is 32.2 Å². The SMILES string of the molecule is CC1CN(c2cccc(F)c2)CCN1C(=O)C1=CC2(CCOCC2)C1. The number of allylic oxidation sites excluding steroid dienone is 1. The molecule has 1 amide bonds. The van der Waals surface area contributed by atoms with Crippen molar-refractivity contribution in [1.29, 1.82) is 0 Å². The van der Waals surface area contributed by atoms with Crippen molar-refractivity contribution in [3.05, 3.63) is 41.7 Å². The lowest BCUT2D eigenvalue weighted by atomic mass is 9.66. The van der Waals surface area contributed by atoms with Crippen LogP contribution in [-0.4, -0.2) is 49.7 Å². The van der Waals surface area contributed by atoms with E-state index in [0.29, 0.717) is 6.54 Å². The summed E-state index contributed by atoms with van der Waals surface area (Å²) in [4.78, 5) is 17.0. The highest BCUT2D eigenvalue weighted by Gasteiger charge is 2.42. The highest BCUT2D eigenvalue weighted by Crippen LogP contribution is 2.47. The minimum Gasteiger partial charge on any atom is -0.381 e. The first-order valence-corrected chi connectivity index (χ1v) is 9.17. The number of benzene rings is 1. The first-order chi connectivity index (χ1) is 12.1. The third-order valence-corrected chi connectivity index (χ3v) is 5.85. The van der Waals surface area contributed by atoms with Gasteiger partial charge in [0.05, 0.1) is 0 Å². The van der Waals surface area contributed by atoms with E-state index in [9.17, 15) is 9.18 Å². The molecule has 1 unspecified atom stereocenters. The molecule has 1 aliphatic carbocycles. The number of carbonyl (C=O) groups is 1. The normalized spacial score (nSPS) is 25.5. The van der Waals surface area contributed by atoms with Crippen molar-refractivity contribution in [2.75, 3.05) is 37.7 Å². The van der Waals surface area contributed by atoms with Crippen LogP contribution in [0.25, 0.3) is 0 Å². The predicted octanol–water partition coefficient (Wildman–Crippen LogP) is 2.99. The highest BCUT2D eigenvalue weighted by molar-refractivity contribution is 5.95. The topological polar surface area (TPSA) is 32.8 Å². The maximum Gasteiger partial charge on any atom is 0.249 e. The third-order valence-electron chi connectivity index (χ3n) is 5.85. The number of hydrogen-bond donors (Lipinski definition) is 0. The fraction of sp³-hybridized carbons (Fsp3) is 0.550. The molecule has 5 heteroatoms. The van der Waals surface area contributed by atoms with Gasteiger partial charge in [-0.2, -0.15) is 0 Å². The molecule has 0 saturated carbocycles. The minimum atomic E-state index is -0.218. The van der Waals surface area contributed by atoms with E-state index in [0.717, 1.165) is 56.8 Å². The highest BCUT2D eigenvalue weighted by atomic mass is 19.1. The summed E-state index contributed by atoms with van der Waals surface area (Å²) in [5.41, 5.74) is 2.08. The summed E-state index contributed by atoms with van der Waals surface area (Å²) in [6, 6.07) is 6.81. The first-order valence-electron chi connectivity index (χ1n) is 9.17. The quantitative estimate of drug-likeness (QED) is 0.827. The first kappa shape index (κ1) is 16.6. The van der Waals surface area contributed by atoms with E-state index < -0.39 is 0 Å². The van der Waals surface area contributed by atoms with E-state index in [4.69, 9.17) is 4.74 Å². The lowest BCUT2D eigenvalue weighted by molar-refractivity contribution is -0.130. The Labute approximate surface area is 148 Å². The van der Waals surface area contributed by atoms with E-state index >= 15 is 0 Å². The molecule has 1 atom stereocenters. The van der Waals surface area contributed by atoms with Gasteiger partial charge in [-0.15, -0.1) is 0 Å². The van der Waals surface area contributed by atoms with Gasteiger partial charge < -0.3 is 14.5 Å². The third kappa shape index (κ3) is 3.17. The number of hydrogen-bond acceptors (Lipinski definition) is 3. The van der Waals surface area contributed by atoms with E-state index in [1.165, 1.54) is 6.07 Å². The van der Waals surface area contributed by atoms with Crippen LogP contribution in [0.1, 0.15) is 26.2 Å². The van der Waals surface area contributed by atoms with Crippen LogP contribution in [0.15, 0.2) is 35.9 Å². The molecule has 2 aliphatic heterocycles. The number of anilines is 1. The number of rotatable bonds is 2. The number of amides is 1. The van der Waals surface area contributed by atoms with Gasteiger partial charge in [0, 0.05) is 50.2 Å². The van der Waals surface area contributed by atoms with Gasteiger partial charge in [-0.05, 0) is 49.8 Å². The van der Waals surface area contributed by atoms with E-state index in [1.54, 1.807) is 12.1 Å². The minimum absolute atomic E-state index is 0.122. The van der Waals surface area contributed by atoms with Crippen LogP contribution < -0.4 is 4.90 Å². The molecule has 4 nitrogen and oxygen atoms in total. The van der Waals surface area contributed by atoms with Crippen molar-refractivity contribution in [3.63, 3.8) is 0 Å². The van der Waals surface area contributed by atoms with Gasteiger partial charge >= 0.3 is 0 Å². The average molecular weight is 344 g/mol. The van der Waals surface area contributed by atoms with Gasteiger partial charge in [0.25, 0.3) is 0 Å². The van der Waals surface area contributed by atoms with Gasteiger partial charge in [-0.1, -0.05) is 12.1 Å². The Balaban J connectivity index is 1.40. The number of nitrogens with zero attached hydrogens (tertiary/aromatic N) is 2. The van der Waals surface area contributed by atoms with Crippen LogP contribution in [0, 0.1) is 11.2 Å². The second-order valence-electron chi connectivity index (χ2n) is 7.59. The maximum absolute atomic E-state index is 13.4. The molecule has 4 rings (SSSR count). The number of halogens is 1. The molecule has 25 heavy (non-hydrogen) atoms. The van der Waals surface area contributed by atoms with Crippen molar-refractivity contribution < 1.29 is 13.9 Å². The lowest BCUT2D eigenvalue weighted by Gasteiger charge is -2.46. The number of ether oxygens (including phenoxy) is 1. The summed E-state index contributed by atoms with van der Waals surface area (Å²) < 4.78 is 18.9. The summed E-state index contributed by atoms with van der Waals surface area (Å²) in [7, 11) is 0. The van der Waals surface area contributed by atoms with Crippen molar-refractivity contribution in [2.24, 2.45) is 5.41 Å². The van der Waals surface area contributed by atoms with Gasteiger partial charge in [0.2, 0.25) is 5.91 Å². The molecule has 2 fully saturated rings. The zero-order valence-corrected chi connectivity index (χ0v) is 14.7. The molecule has 1 spiro atoms. The van der Waals surface area contributed by atoms with Crippen LogP contribution in [0.2, 0.25) is 0 Å². The molecule has 2 heterocycles. The monoisotopic (exact) mass is 344 g/mol. The van der Waals surface area contributed by atoms with Gasteiger partial charge in [0.1, 0.15) is 5.82 Å². The Morgan fingerprint density at radius 3 is 2.72 bits per heavy atom.